The zero-order valence-corrected chi connectivity index (χ0v) is 10.7. The minimum atomic E-state index is -4.33. The summed E-state index contributed by atoms with van der Waals surface area (Å²) in [6.07, 6.45) is -5.08. The Kier molecular flexibility index (Phi) is 4.01. The molecule has 3 nitrogen and oxygen atoms in total. The van der Waals surface area contributed by atoms with Crippen molar-refractivity contribution in [2.75, 3.05) is 0 Å². The van der Waals surface area contributed by atoms with Gasteiger partial charge in [0.15, 0.2) is 0 Å². The molecule has 98 valence electrons. The first kappa shape index (κ1) is 14.6. The number of hydrogen-bond acceptors (Lipinski definition) is 3. The topological polar surface area (TPSA) is 41.6 Å². The average molecular weight is 290 g/mol. The molecule has 1 heterocycles. The van der Waals surface area contributed by atoms with E-state index in [1.165, 1.54) is 20.0 Å². The van der Waals surface area contributed by atoms with Gasteiger partial charge in [0.25, 0.3) is 0 Å². The molecule has 0 fully saturated rings. The number of rotatable bonds is 2. The van der Waals surface area contributed by atoms with Gasteiger partial charge in [-0.25, -0.2) is 4.99 Å². The van der Waals surface area contributed by atoms with Crippen LogP contribution in [0.2, 0.25) is 0 Å². The molecule has 0 spiro atoms. The summed E-state index contributed by atoms with van der Waals surface area (Å²) >= 11 is 11.5. The second-order valence-corrected chi connectivity index (χ2v) is 5.11. The van der Waals surface area contributed by atoms with E-state index < -0.39 is 24.3 Å². The van der Waals surface area contributed by atoms with E-state index in [-0.39, 0.29) is 10.3 Å². The maximum absolute atomic E-state index is 12.5. The summed E-state index contributed by atoms with van der Waals surface area (Å²) in [4.78, 5) is 4.86. The molecule has 0 aliphatic carbocycles. The van der Waals surface area contributed by atoms with Gasteiger partial charge < -0.3 is 10.6 Å². The van der Waals surface area contributed by atoms with Crippen molar-refractivity contribution in [1.82, 2.24) is 4.90 Å². The highest BCUT2D eigenvalue weighted by molar-refractivity contribution is 6.65. The highest BCUT2D eigenvalue weighted by atomic mass is 35.5. The van der Waals surface area contributed by atoms with Gasteiger partial charge in [0.1, 0.15) is 6.17 Å². The quantitative estimate of drug-likeness (QED) is 0.794. The van der Waals surface area contributed by atoms with E-state index >= 15 is 0 Å². The number of hydrogen-bond donors (Lipinski definition) is 1. The van der Waals surface area contributed by atoms with Crippen LogP contribution in [0.4, 0.5) is 13.2 Å². The number of nitrogens with zero attached hydrogens (tertiary/aromatic N) is 2. The number of amidine groups is 1. The monoisotopic (exact) mass is 289 g/mol. The Morgan fingerprint density at radius 1 is 1.41 bits per heavy atom. The SMILES string of the molecule is CC(C)(CC(F)(F)F)N1C(Cl)=NC=C(Cl)C1N. The van der Waals surface area contributed by atoms with Gasteiger partial charge in [-0.1, -0.05) is 11.6 Å². The van der Waals surface area contributed by atoms with Gasteiger partial charge in [-0.05, 0) is 25.4 Å². The summed E-state index contributed by atoms with van der Waals surface area (Å²) in [5.74, 6) is 0. The third-order valence-corrected chi connectivity index (χ3v) is 2.94. The molecular formula is C9H12Cl2F3N3. The van der Waals surface area contributed by atoms with Crippen LogP contribution in [-0.4, -0.2) is 28.1 Å². The van der Waals surface area contributed by atoms with Crippen LogP contribution in [0, 0.1) is 0 Å². The van der Waals surface area contributed by atoms with E-state index in [1.54, 1.807) is 0 Å². The zero-order valence-electron chi connectivity index (χ0n) is 9.22. The molecule has 0 aromatic rings. The van der Waals surface area contributed by atoms with Gasteiger partial charge in [0, 0.05) is 11.7 Å². The molecule has 8 heteroatoms. The molecule has 0 bridgehead atoms. The fourth-order valence-corrected chi connectivity index (χ4v) is 2.22. The minimum absolute atomic E-state index is 0.101. The molecule has 1 aliphatic rings. The molecule has 0 radical (unpaired) electrons. The van der Waals surface area contributed by atoms with Crippen LogP contribution >= 0.6 is 23.2 Å². The van der Waals surface area contributed by atoms with Crippen molar-refractivity contribution in [3.63, 3.8) is 0 Å². The summed E-state index contributed by atoms with van der Waals surface area (Å²) in [5, 5.41) is 0.0424. The van der Waals surface area contributed by atoms with E-state index in [9.17, 15) is 13.2 Å². The van der Waals surface area contributed by atoms with Gasteiger partial charge in [0.2, 0.25) is 5.29 Å². The van der Waals surface area contributed by atoms with Gasteiger partial charge >= 0.3 is 6.18 Å². The van der Waals surface area contributed by atoms with E-state index in [1.807, 2.05) is 0 Å². The molecule has 17 heavy (non-hydrogen) atoms. The van der Waals surface area contributed by atoms with Gasteiger partial charge in [0.05, 0.1) is 11.5 Å². The minimum Gasteiger partial charge on any atom is -0.321 e. The zero-order chi connectivity index (χ0) is 13.4. The Balaban J connectivity index is 2.99. The first-order valence-corrected chi connectivity index (χ1v) is 5.51. The lowest BCUT2D eigenvalue weighted by Gasteiger charge is -2.43. The number of aliphatic imine (C=N–C) groups is 1. The lowest BCUT2D eigenvalue weighted by Crippen LogP contribution is -2.57. The number of halogens is 5. The van der Waals surface area contributed by atoms with Crippen LogP contribution in [0.5, 0.6) is 0 Å². The first-order valence-electron chi connectivity index (χ1n) is 4.75. The smallest absolute Gasteiger partial charge is 0.321 e. The average Bonchev–Trinajstić information content (AvgIpc) is 2.07. The molecule has 0 saturated heterocycles. The molecular weight excluding hydrogens is 278 g/mol. The van der Waals surface area contributed by atoms with Crippen molar-refractivity contribution in [2.45, 2.75) is 38.1 Å². The van der Waals surface area contributed by atoms with Gasteiger partial charge in [-0.2, -0.15) is 13.2 Å². The molecule has 0 aromatic carbocycles. The van der Waals surface area contributed by atoms with E-state index in [0.29, 0.717) is 0 Å². The highest BCUT2D eigenvalue weighted by Gasteiger charge is 2.44. The van der Waals surface area contributed by atoms with Crippen molar-refractivity contribution in [1.29, 1.82) is 0 Å². The molecule has 0 aromatic heterocycles. The highest BCUT2D eigenvalue weighted by Crippen LogP contribution is 2.35. The largest absolute Gasteiger partial charge is 0.391 e. The number of alkyl halides is 3. The first-order chi connectivity index (χ1) is 7.54. The summed E-state index contributed by atoms with van der Waals surface area (Å²) in [6, 6.07) is 0. The van der Waals surface area contributed by atoms with E-state index in [0.717, 1.165) is 4.90 Å². The molecule has 0 amide bonds. The molecule has 1 unspecified atom stereocenters. The van der Waals surface area contributed by atoms with Crippen molar-refractivity contribution < 1.29 is 13.2 Å². The summed E-state index contributed by atoms with van der Waals surface area (Å²) < 4.78 is 37.4. The maximum atomic E-state index is 12.5. The van der Waals surface area contributed by atoms with Crippen molar-refractivity contribution in [3.05, 3.63) is 11.2 Å². The van der Waals surface area contributed by atoms with Crippen LogP contribution in [0.15, 0.2) is 16.2 Å². The predicted molar refractivity (Wildman–Crippen MR) is 61.8 cm³/mol. The molecule has 1 atom stereocenters. The lowest BCUT2D eigenvalue weighted by atomic mass is 9.97. The van der Waals surface area contributed by atoms with Gasteiger partial charge in [-0.15, -0.1) is 0 Å². The fraction of sp³-hybridized carbons (Fsp3) is 0.667. The Morgan fingerprint density at radius 3 is 2.41 bits per heavy atom. The van der Waals surface area contributed by atoms with Crippen molar-refractivity contribution in [3.8, 4) is 0 Å². The Labute approximate surface area is 107 Å². The van der Waals surface area contributed by atoms with E-state index in [2.05, 4.69) is 4.99 Å². The Morgan fingerprint density at radius 2 is 1.94 bits per heavy atom. The van der Waals surface area contributed by atoms with E-state index in [4.69, 9.17) is 28.9 Å². The second kappa shape index (κ2) is 4.66. The third kappa shape index (κ3) is 3.50. The van der Waals surface area contributed by atoms with Crippen LogP contribution < -0.4 is 5.73 Å². The third-order valence-electron chi connectivity index (χ3n) is 2.34. The van der Waals surface area contributed by atoms with Crippen LogP contribution in [0.25, 0.3) is 0 Å². The van der Waals surface area contributed by atoms with Crippen LogP contribution in [-0.2, 0) is 0 Å². The molecule has 1 rings (SSSR count). The molecule has 1 aliphatic heterocycles. The normalized spacial score (nSPS) is 22.4. The Hall–Kier alpha value is -0.460. The van der Waals surface area contributed by atoms with Crippen molar-refractivity contribution in [2.24, 2.45) is 10.7 Å². The lowest BCUT2D eigenvalue weighted by molar-refractivity contribution is -0.155. The summed E-state index contributed by atoms with van der Waals surface area (Å²) in [6.45, 7) is 2.77. The molecule has 0 saturated carbocycles. The number of nitrogens with two attached hydrogens (primary N) is 1. The summed E-state index contributed by atoms with van der Waals surface area (Å²) in [5.41, 5.74) is 4.38. The second-order valence-electron chi connectivity index (χ2n) is 4.33. The van der Waals surface area contributed by atoms with Crippen molar-refractivity contribution >= 4 is 28.5 Å². The van der Waals surface area contributed by atoms with Crippen LogP contribution in [0.3, 0.4) is 0 Å². The maximum Gasteiger partial charge on any atom is 0.391 e. The van der Waals surface area contributed by atoms with Gasteiger partial charge in [-0.3, -0.25) is 0 Å². The van der Waals surface area contributed by atoms with Crippen LogP contribution in [0.1, 0.15) is 20.3 Å². The summed E-state index contributed by atoms with van der Waals surface area (Å²) in [7, 11) is 0. The predicted octanol–water partition coefficient (Wildman–Crippen LogP) is 2.99. The Bertz CT molecular complexity index is 363. The fourth-order valence-electron chi connectivity index (χ4n) is 1.69. The standard InChI is InChI=1S/C9H12Cl2F3N3/c1-8(2,4-9(12,13)14)17-6(15)5(10)3-16-7(17)11/h3,6H,4,15H2,1-2H3. The molecule has 2 N–H and O–H groups in total.